The number of hydrogen-bond acceptors (Lipinski definition) is 3. The van der Waals surface area contributed by atoms with Crippen LogP contribution in [0.15, 0.2) is 36.5 Å². The summed E-state index contributed by atoms with van der Waals surface area (Å²) >= 11 is 0. The van der Waals surface area contributed by atoms with Gasteiger partial charge in [0.1, 0.15) is 11.6 Å². The van der Waals surface area contributed by atoms with Crippen molar-refractivity contribution in [3.05, 3.63) is 59.2 Å². The molecule has 21 heavy (non-hydrogen) atoms. The molecule has 1 atom stereocenters. The van der Waals surface area contributed by atoms with Crippen molar-refractivity contribution in [2.45, 2.75) is 26.3 Å². The van der Waals surface area contributed by atoms with E-state index in [9.17, 15) is 4.39 Å². The third kappa shape index (κ3) is 3.58. The molecule has 1 N–H and O–H groups in total. The van der Waals surface area contributed by atoms with Gasteiger partial charge in [-0.1, -0.05) is 19.1 Å². The molecule has 1 unspecified atom stereocenters. The lowest BCUT2D eigenvalue weighted by atomic mass is 9.97. The predicted molar refractivity (Wildman–Crippen MR) is 82.1 cm³/mol. The van der Waals surface area contributed by atoms with Crippen LogP contribution in [0.4, 0.5) is 4.39 Å². The quantitative estimate of drug-likeness (QED) is 0.881. The standard InChI is InChI=1S/C17H21FN2O/c1-4-9-20-17(14-6-5-10-19-12(14)2)15-8-7-13(21-3)11-16(15)18/h5-8,10-11,17,20H,4,9H2,1-3H3. The van der Waals surface area contributed by atoms with E-state index in [1.54, 1.807) is 18.3 Å². The predicted octanol–water partition coefficient (Wildman–Crippen LogP) is 3.63. The Labute approximate surface area is 125 Å². The topological polar surface area (TPSA) is 34.1 Å². The number of methoxy groups -OCH3 is 1. The van der Waals surface area contributed by atoms with E-state index in [2.05, 4.69) is 17.2 Å². The zero-order valence-corrected chi connectivity index (χ0v) is 12.7. The van der Waals surface area contributed by atoms with Crippen LogP contribution < -0.4 is 10.1 Å². The van der Waals surface area contributed by atoms with Crippen LogP contribution in [0.2, 0.25) is 0 Å². The van der Waals surface area contributed by atoms with Crippen LogP contribution in [0.5, 0.6) is 5.75 Å². The van der Waals surface area contributed by atoms with E-state index in [-0.39, 0.29) is 11.9 Å². The summed E-state index contributed by atoms with van der Waals surface area (Å²) in [7, 11) is 1.53. The summed E-state index contributed by atoms with van der Waals surface area (Å²) in [6, 6.07) is 8.63. The smallest absolute Gasteiger partial charge is 0.132 e. The van der Waals surface area contributed by atoms with Crippen LogP contribution in [0, 0.1) is 12.7 Å². The molecule has 1 aromatic heterocycles. The number of aromatic nitrogens is 1. The lowest BCUT2D eigenvalue weighted by Crippen LogP contribution is -2.25. The van der Waals surface area contributed by atoms with E-state index in [1.807, 2.05) is 19.1 Å². The second kappa shape index (κ2) is 7.18. The van der Waals surface area contributed by atoms with Gasteiger partial charge in [0, 0.05) is 23.5 Å². The Kier molecular flexibility index (Phi) is 5.28. The summed E-state index contributed by atoms with van der Waals surface area (Å²) in [5.74, 6) is 0.250. The molecular weight excluding hydrogens is 267 g/mol. The Morgan fingerprint density at radius 1 is 1.29 bits per heavy atom. The number of rotatable bonds is 6. The average molecular weight is 288 g/mol. The van der Waals surface area contributed by atoms with Gasteiger partial charge in [0.05, 0.1) is 13.2 Å². The van der Waals surface area contributed by atoms with Crippen LogP contribution in [0.1, 0.15) is 36.2 Å². The number of ether oxygens (including phenoxy) is 1. The average Bonchev–Trinajstić information content (AvgIpc) is 2.50. The highest BCUT2D eigenvalue weighted by Crippen LogP contribution is 2.28. The fourth-order valence-electron chi connectivity index (χ4n) is 2.35. The first-order chi connectivity index (χ1) is 10.2. The normalized spacial score (nSPS) is 12.2. The maximum absolute atomic E-state index is 14.4. The maximum Gasteiger partial charge on any atom is 0.132 e. The minimum absolute atomic E-state index is 0.204. The Balaban J connectivity index is 2.43. The van der Waals surface area contributed by atoms with Gasteiger partial charge in [-0.2, -0.15) is 0 Å². The third-order valence-corrected chi connectivity index (χ3v) is 3.48. The van der Waals surface area contributed by atoms with E-state index in [1.165, 1.54) is 13.2 Å². The van der Waals surface area contributed by atoms with Gasteiger partial charge in [-0.15, -0.1) is 0 Å². The van der Waals surface area contributed by atoms with Crippen molar-refractivity contribution in [3.8, 4) is 5.75 Å². The van der Waals surface area contributed by atoms with Crippen LogP contribution in [-0.4, -0.2) is 18.6 Å². The van der Waals surface area contributed by atoms with Gasteiger partial charge in [0.15, 0.2) is 0 Å². The summed E-state index contributed by atoms with van der Waals surface area (Å²) in [4.78, 5) is 4.31. The molecule has 0 spiro atoms. The first-order valence-corrected chi connectivity index (χ1v) is 7.15. The molecule has 1 aromatic carbocycles. The fraction of sp³-hybridized carbons (Fsp3) is 0.353. The first-order valence-electron chi connectivity index (χ1n) is 7.15. The molecule has 2 aromatic rings. The zero-order chi connectivity index (χ0) is 15.2. The maximum atomic E-state index is 14.4. The van der Waals surface area contributed by atoms with Gasteiger partial charge in [0.2, 0.25) is 0 Å². The molecule has 0 amide bonds. The Morgan fingerprint density at radius 2 is 2.10 bits per heavy atom. The Hall–Kier alpha value is -1.94. The second-order valence-electron chi connectivity index (χ2n) is 4.95. The Morgan fingerprint density at radius 3 is 2.71 bits per heavy atom. The monoisotopic (exact) mass is 288 g/mol. The highest BCUT2D eigenvalue weighted by Gasteiger charge is 2.19. The lowest BCUT2D eigenvalue weighted by molar-refractivity contribution is 0.410. The van der Waals surface area contributed by atoms with Crippen molar-refractivity contribution in [2.24, 2.45) is 0 Å². The highest BCUT2D eigenvalue weighted by molar-refractivity contribution is 5.38. The van der Waals surface area contributed by atoms with Crippen molar-refractivity contribution in [1.82, 2.24) is 10.3 Å². The summed E-state index contributed by atoms with van der Waals surface area (Å²) < 4.78 is 19.5. The van der Waals surface area contributed by atoms with Gasteiger partial charge < -0.3 is 10.1 Å². The van der Waals surface area contributed by atoms with Gasteiger partial charge in [-0.05, 0) is 37.6 Å². The molecule has 4 heteroatoms. The van der Waals surface area contributed by atoms with E-state index in [0.29, 0.717) is 11.3 Å². The van der Waals surface area contributed by atoms with Crippen LogP contribution in [-0.2, 0) is 0 Å². The number of halogens is 1. The summed E-state index contributed by atoms with van der Waals surface area (Å²) in [6.45, 7) is 4.84. The summed E-state index contributed by atoms with van der Waals surface area (Å²) in [6.07, 6.45) is 2.73. The second-order valence-corrected chi connectivity index (χ2v) is 4.95. The molecule has 3 nitrogen and oxygen atoms in total. The van der Waals surface area contributed by atoms with Gasteiger partial charge in [0.25, 0.3) is 0 Å². The molecule has 0 saturated heterocycles. The molecule has 0 radical (unpaired) electrons. The largest absolute Gasteiger partial charge is 0.497 e. The van der Waals surface area contributed by atoms with Crippen LogP contribution in [0.3, 0.4) is 0 Å². The van der Waals surface area contributed by atoms with Gasteiger partial charge in [-0.25, -0.2) is 4.39 Å². The van der Waals surface area contributed by atoms with Crippen molar-refractivity contribution < 1.29 is 9.13 Å². The van der Waals surface area contributed by atoms with Crippen molar-refractivity contribution in [1.29, 1.82) is 0 Å². The number of pyridine rings is 1. The fourth-order valence-corrected chi connectivity index (χ4v) is 2.35. The molecule has 2 rings (SSSR count). The van der Waals surface area contributed by atoms with E-state index in [4.69, 9.17) is 4.74 Å². The molecule has 0 aliphatic rings. The molecule has 112 valence electrons. The van der Waals surface area contributed by atoms with Gasteiger partial charge in [-0.3, -0.25) is 4.98 Å². The zero-order valence-electron chi connectivity index (χ0n) is 12.7. The molecule has 0 fully saturated rings. The molecule has 0 bridgehead atoms. The number of benzene rings is 1. The van der Waals surface area contributed by atoms with Gasteiger partial charge >= 0.3 is 0 Å². The minimum Gasteiger partial charge on any atom is -0.497 e. The van der Waals surface area contributed by atoms with Crippen LogP contribution >= 0.6 is 0 Å². The summed E-state index contributed by atoms with van der Waals surface area (Å²) in [5.41, 5.74) is 2.51. The van der Waals surface area contributed by atoms with E-state index >= 15 is 0 Å². The summed E-state index contributed by atoms with van der Waals surface area (Å²) in [5, 5.41) is 3.40. The van der Waals surface area contributed by atoms with E-state index < -0.39 is 0 Å². The lowest BCUT2D eigenvalue weighted by Gasteiger charge is -2.21. The molecular formula is C17H21FN2O. The van der Waals surface area contributed by atoms with Crippen molar-refractivity contribution >= 4 is 0 Å². The van der Waals surface area contributed by atoms with Crippen molar-refractivity contribution in [3.63, 3.8) is 0 Å². The number of hydrogen-bond donors (Lipinski definition) is 1. The Bertz CT molecular complexity index is 601. The SMILES string of the molecule is CCCNC(c1ccc(OC)cc1F)c1cccnc1C. The van der Waals surface area contributed by atoms with E-state index in [0.717, 1.165) is 24.2 Å². The number of aryl methyl sites for hydroxylation is 1. The van der Waals surface area contributed by atoms with Crippen molar-refractivity contribution in [2.75, 3.05) is 13.7 Å². The number of nitrogens with one attached hydrogen (secondary N) is 1. The third-order valence-electron chi connectivity index (χ3n) is 3.48. The molecule has 1 heterocycles. The molecule has 0 aliphatic carbocycles. The number of nitrogens with zero attached hydrogens (tertiary/aromatic N) is 1. The minimum atomic E-state index is -0.272. The molecule has 0 saturated carbocycles. The first kappa shape index (κ1) is 15.4. The van der Waals surface area contributed by atoms with Crippen LogP contribution in [0.25, 0.3) is 0 Å². The highest BCUT2D eigenvalue weighted by atomic mass is 19.1. The molecule has 0 aliphatic heterocycles.